The Morgan fingerprint density at radius 1 is 1.38 bits per heavy atom. The van der Waals surface area contributed by atoms with Gasteiger partial charge < -0.3 is 14.9 Å². The Balaban J connectivity index is 2.10. The molecule has 1 N–H and O–H groups in total. The van der Waals surface area contributed by atoms with E-state index in [-0.39, 0.29) is 6.61 Å². The van der Waals surface area contributed by atoms with Crippen molar-refractivity contribution < 1.29 is 14.4 Å². The topological polar surface area (TPSA) is 59.9 Å². The normalized spacial score (nSPS) is 18.0. The number of halogens is 2. The molecule has 0 saturated heterocycles. The molecule has 1 atom stereocenters. The monoisotopic (exact) mass is 330 g/mol. The minimum atomic E-state index is -0.565. The van der Waals surface area contributed by atoms with Crippen molar-refractivity contribution in [2.24, 2.45) is 5.16 Å². The van der Waals surface area contributed by atoms with Gasteiger partial charge in [0.15, 0.2) is 0 Å². The lowest BCUT2D eigenvalue weighted by molar-refractivity contribution is 0.0499. The first kappa shape index (κ1) is 15.9. The molecule has 7 heteroatoms. The van der Waals surface area contributed by atoms with Gasteiger partial charge in [0, 0.05) is 5.56 Å². The van der Waals surface area contributed by atoms with Crippen LogP contribution >= 0.6 is 23.2 Å². The van der Waals surface area contributed by atoms with E-state index in [0.717, 1.165) is 5.56 Å². The van der Waals surface area contributed by atoms with E-state index in [2.05, 4.69) is 10.5 Å². The molecule has 1 amide bonds. The van der Waals surface area contributed by atoms with Gasteiger partial charge in [-0.15, -0.1) is 0 Å². The molecule has 0 fully saturated rings. The minimum absolute atomic E-state index is 0.245. The standard InChI is InChI=1S/C14H16Cl2N2O3/c1-14(2,3)21-13(19)17-11-7-20-18-12(11)8-4-5-9(15)10(16)6-8/h4-6,11H,7H2,1-3H3,(H,17,19). The Morgan fingerprint density at radius 3 is 2.71 bits per heavy atom. The highest BCUT2D eigenvalue weighted by atomic mass is 35.5. The highest BCUT2D eigenvalue weighted by molar-refractivity contribution is 6.42. The second kappa shape index (κ2) is 6.12. The number of nitrogens with zero attached hydrogens (tertiary/aromatic N) is 1. The van der Waals surface area contributed by atoms with Gasteiger partial charge in [-0.3, -0.25) is 0 Å². The van der Waals surface area contributed by atoms with Crippen LogP contribution in [0.2, 0.25) is 10.0 Å². The molecular weight excluding hydrogens is 315 g/mol. The fourth-order valence-electron chi connectivity index (χ4n) is 1.79. The lowest BCUT2D eigenvalue weighted by Crippen LogP contribution is -2.43. The summed E-state index contributed by atoms with van der Waals surface area (Å²) in [6.45, 7) is 5.64. The summed E-state index contributed by atoms with van der Waals surface area (Å²) in [5, 5.41) is 7.55. The molecule has 0 radical (unpaired) electrons. The number of nitrogens with one attached hydrogen (secondary N) is 1. The molecule has 0 saturated carbocycles. The van der Waals surface area contributed by atoms with Crippen LogP contribution in [0.4, 0.5) is 4.79 Å². The van der Waals surface area contributed by atoms with Gasteiger partial charge >= 0.3 is 6.09 Å². The Morgan fingerprint density at radius 2 is 2.10 bits per heavy atom. The largest absolute Gasteiger partial charge is 0.444 e. The Hall–Kier alpha value is -1.46. The highest BCUT2D eigenvalue weighted by Crippen LogP contribution is 2.24. The van der Waals surface area contributed by atoms with Crippen molar-refractivity contribution in [3.63, 3.8) is 0 Å². The molecule has 1 aromatic carbocycles. The average molecular weight is 331 g/mol. The average Bonchev–Trinajstić information content (AvgIpc) is 2.78. The third-order valence-corrected chi connectivity index (χ3v) is 3.38. The SMILES string of the molecule is CC(C)(C)OC(=O)NC1CON=C1c1ccc(Cl)c(Cl)c1. The van der Waals surface area contributed by atoms with Gasteiger partial charge in [0.2, 0.25) is 0 Å². The summed E-state index contributed by atoms with van der Waals surface area (Å²) in [4.78, 5) is 16.9. The number of oxime groups is 1. The van der Waals surface area contributed by atoms with Crippen LogP contribution in [0.15, 0.2) is 23.4 Å². The Bertz CT molecular complexity index is 582. The van der Waals surface area contributed by atoms with Gasteiger partial charge in [0.05, 0.1) is 10.0 Å². The molecule has 0 bridgehead atoms. The van der Waals surface area contributed by atoms with Crippen molar-refractivity contribution in [1.29, 1.82) is 0 Å². The van der Waals surface area contributed by atoms with Gasteiger partial charge in [0.25, 0.3) is 0 Å². The number of carbonyl (C=O) groups excluding carboxylic acids is 1. The van der Waals surface area contributed by atoms with Gasteiger partial charge in [0.1, 0.15) is 24.0 Å². The predicted molar refractivity (Wildman–Crippen MR) is 82.1 cm³/mol. The molecule has 0 aromatic heterocycles. The second-order valence-corrected chi connectivity index (χ2v) is 6.41. The van der Waals surface area contributed by atoms with Crippen LogP contribution in [0.25, 0.3) is 0 Å². The molecule has 1 aliphatic rings. The summed E-state index contributed by atoms with van der Waals surface area (Å²) in [5.74, 6) is 0. The first-order valence-electron chi connectivity index (χ1n) is 6.41. The predicted octanol–water partition coefficient (Wildman–Crippen LogP) is 3.62. The summed E-state index contributed by atoms with van der Waals surface area (Å²) in [5.41, 5.74) is 0.757. The molecule has 1 heterocycles. The molecule has 114 valence electrons. The Kier molecular flexibility index (Phi) is 4.64. The van der Waals surface area contributed by atoms with E-state index in [1.54, 1.807) is 39.0 Å². The van der Waals surface area contributed by atoms with Gasteiger partial charge in [-0.2, -0.15) is 0 Å². The zero-order valence-corrected chi connectivity index (χ0v) is 13.5. The maximum absolute atomic E-state index is 11.8. The van der Waals surface area contributed by atoms with Crippen LogP contribution in [-0.4, -0.2) is 30.1 Å². The van der Waals surface area contributed by atoms with Crippen molar-refractivity contribution in [3.8, 4) is 0 Å². The lowest BCUT2D eigenvalue weighted by Gasteiger charge is -2.21. The summed E-state index contributed by atoms with van der Waals surface area (Å²) in [7, 11) is 0. The van der Waals surface area contributed by atoms with E-state index in [9.17, 15) is 4.79 Å². The first-order valence-corrected chi connectivity index (χ1v) is 7.16. The van der Waals surface area contributed by atoms with Crippen molar-refractivity contribution >= 4 is 35.0 Å². The minimum Gasteiger partial charge on any atom is -0.444 e. The molecule has 0 spiro atoms. The molecular formula is C14H16Cl2N2O3. The van der Waals surface area contributed by atoms with Gasteiger partial charge in [-0.1, -0.05) is 34.4 Å². The van der Waals surface area contributed by atoms with E-state index in [1.165, 1.54) is 0 Å². The molecule has 1 aromatic rings. The molecule has 5 nitrogen and oxygen atoms in total. The van der Waals surface area contributed by atoms with E-state index >= 15 is 0 Å². The molecule has 1 aliphatic heterocycles. The number of carbonyl (C=O) groups is 1. The molecule has 0 aliphatic carbocycles. The smallest absolute Gasteiger partial charge is 0.408 e. The molecule has 21 heavy (non-hydrogen) atoms. The van der Waals surface area contributed by atoms with Gasteiger partial charge in [-0.25, -0.2) is 4.79 Å². The number of rotatable bonds is 2. The zero-order valence-electron chi connectivity index (χ0n) is 11.9. The molecule has 1 unspecified atom stereocenters. The number of hydrogen-bond donors (Lipinski definition) is 1. The Labute approximate surface area is 133 Å². The van der Waals surface area contributed by atoms with Crippen LogP contribution < -0.4 is 5.32 Å². The van der Waals surface area contributed by atoms with Crippen molar-refractivity contribution in [2.75, 3.05) is 6.61 Å². The quantitative estimate of drug-likeness (QED) is 0.900. The number of benzene rings is 1. The highest BCUT2D eigenvalue weighted by Gasteiger charge is 2.28. The summed E-state index contributed by atoms with van der Waals surface area (Å²) in [6.07, 6.45) is -0.522. The maximum Gasteiger partial charge on any atom is 0.408 e. The van der Waals surface area contributed by atoms with E-state index < -0.39 is 17.7 Å². The number of hydrogen-bond acceptors (Lipinski definition) is 4. The van der Waals surface area contributed by atoms with Crippen LogP contribution in [-0.2, 0) is 9.57 Å². The van der Waals surface area contributed by atoms with Crippen LogP contribution in [0, 0.1) is 0 Å². The number of ether oxygens (including phenoxy) is 1. The second-order valence-electron chi connectivity index (χ2n) is 5.60. The van der Waals surface area contributed by atoms with Gasteiger partial charge in [-0.05, 0) is 32.9 Å². The summed E-state index contributed by atoms with van der Waals surface area (Å²) >= 11 is 11.9. The fraction of sp³-hybridized carbons (Fsp3) is 0.429. The summed E-state index contributed by atoms with van der Waals surface area (Å²) < 4.78 is 5.22. The maximum atomic E-state index is 11.8. The number of amides is 1. The first-order chi connectivity index (χ1) is 9.76. The third-order valence-electron chi connectivity index (χ3n) is 2.64. The fourth-order valence-corrected chi connectivity index (χ4v) is 2.09. The third kappa shape index (κ3) is 4.25. The zero-order chi connectivity index (χ0) is 15.6. The van der Waals surface area contributed by atoms with E-state index in [4.69, 9.17) is 32.8 Å². The van der Waals surface area contributed by atoms with Crippen molar-refractivity contribution in [3.05, 3.63) is 33.8 Å². The van der Waals surface area contributed by atoms with Crippen molar-refractivity contribution in [1.82, 2.24) is 5.32 Å². The van der Waals surface area contributed by atoms with E-state index in [0.29, 0.717) is 15.8 Å². The molecule has 2 rings (SSSR count). The lowest BCUT2D eigenvalue weighted by atomic mass is 10.0. The summed E-state index contributed by atoms with van der Waals surface area (Å²) in [6, 6.07) is 4.73. The van der Waals surface area contributed by atoms with Crippen LogP contribution in [0.5, 0.6) is 0 Å². The van der Waals surface area contributed by atoms with E-state index in [1.807, 2.05) is 0 Å². The van der Waals surface area contributed by atoms with Crippen LogP contribution in [0.3, 0.4) is 0 Å². The van der Waals surface area contributed by atoms with Crippen molar-refractivity contribution in [2.45, 2.75) is 32.4 Å². The van der Waals surface area contributed by atoms with Crippen LogP contribution in [0.1, 0.15) is 26.3 Å². The number of alkyl carbamates (subject to hydrolysis) is 1.